The zero-order valence-electron chi connectivity index (χ0n) is 8.90. The van der Waals surface area contributed by atoms with Crippen molar-refractivity contribution >= 4 is 23.4 Å². The minimum atomic E-state index is -0.271. The lowest BCUT2D eigenvalue weighted by Gasteiger charge is -2.00. The average Bonchev–Trinajstić information content (AvgIpc) is 2.72. The van der Waals surface area contributed by atoms with E-state index in [0.29, 0.717) is 12.2 Å². The molecule has 1 heterocycles. The van der Waals surface area contributed by atoms with Crippen LogP contribution in [0.15, 0.2) is 35.2 Å². The predicted molar refractivity (Wildman–Crippen MR) is 63.7 cm³/mol. The van der Waals surface area contributed by atoms with Crippen molar-refractivity contribution in [1.29, 1.82) is 0 Å². The molecule has 0 aliphatic carbocycles. The summed E-state index contributed by atoms with van der Waals surface area (Å²) < 4.78 is 4.91. The Hall–Kier alpha value is -1.35. The van der Waals surface area contributed by atoms with Gasteiger partial charge in [-0.25, -0.2) is 4.79 Å². The monoisotopic (exact) mass is 222 g/mol. The Bertz CT molecular complexity index is 361. The first-order valence-corrected chi connectivity index (χ1v) is 5.71. The molecule has 0 N–H and O–H groups in total. The van der Waals surface area contributed by atoms with Gasteiger partial charge >= 0.3 is 5.97 Å². The summed E-state index contributed by atoms with van der Waals surface area (Å²) in [4.78, 5) is 12.5. The molecule has 0 aliphatic rings. The maximum atomic E-state index is 11.4. The number of ether oxygens (including phenoxy) is 1. The molecule has 0 aromatic carbocycles. The Kier molecular flexibility index (Phi) is 4.84. The fraction of sp³-hybridized carbons (Fsp3) is 0.250. The second-order valence-electron chi connectivity index (χ2n) is 2.81. The molecule has 2 nitrogen and oxygen atoms in total. The molecule has 3 heteroatoms. The van der Waals surface area contributed by atoms with Crippen molar-refractivity contribution < 1.29 is 9.53 Å². The van der Waals surface area contributed by atoms with Crippen LogP contribution < -0.4 is 0 Å². The zero-order chi connectivity index (χ0) is 11.1. The molecule has 1 aromatic rings. The third-order valence-corrected chi connectivity index (χ3v) is 2.63. The van der Waals surface area contributed by atoms with Crippen molar-refractivity contribution in [3.05, 3.63) is 40.1 Å². The molecule has 0 amide bonds. The first kappa shape index (κ1) is 11.7. The van der Waals surface area contributed by atoms with E-state index in [-0.39, 0.29) is 5.97 Å². The second kappa shape index (κ2) is 6.19. The van der Waals surface area contributed by atoms with Gasteiger partial charge in [0.1, 0.15) is 0 Å². The van der Waals surface area contributed by atoms with E-state index in [9.17, 15) is 4.79 Å². The topological polar surface area (TPSA) is 26.3 Å². The summed E-state index contributed by atoms with van der Waals surface area (Å²) in [6.07, 6.45) is 5.45. The van der Waals surface area contributed by atoms with Crippen molar-refractivity contribution in [2.45, 2.75) is 13.8 Å². The summed E-state index contributed by atoms with van der Waals surface area (Å²) in [6.45, 7) is 4.03. The molecular formula is C12H14O2S. The first-order valence-electron chi connectivity index (χ1n) is 4.83. The van der Waals surface area contributed by atoms with Crippen LogP contribution in [0.5, 0.6) is 0 Å². The lowest BCUT2D eigenvalue weighted by molar-refractivity contribution is -0.138. The van der Waals surface area contributed by atoms with Crippen LogP contribution in [0.2, 0.25) is 0 Å². The number of allylic oxidation sites excluding steroid dienone is 1. The highest BCUT2D eigenvalue weighted by Crippen LogP contribution is 2.12. The Morgan fingerprint density at radius 3 is 2.93 bits per heavy atom. The van der Waals surface area contributed by atoms with Gasteiger partial charge in [-0.15, -0.1) is 11.3 Å². The number of carbonyl (C=O) groups excluding carboxylic acids is 1. The summed E-state index contributed by atoms with van der Waals surface area (Å²) in [7, 11) is 0. The number of esters is 1. The molecule has 0 saturated heterocycles. The molecule has 0 aliphatic heterocycles. The minimum absolute atomic E-state index is 0.271. The van der Waals surface area contributed by atoms with E-state index in [1.807, 2.05) is 30.5 Å². The van der Waals surface area contributed by atoms with E-state index in [4.69, 9.17) is 4.74 Å². The van der Waals surface area contributed by atoms with Gasteiger partial charge in [-0.05, 0) is 37.4 Å². The van der Waals surface area contributed by atoms with Gasteiger partial charge in [0, 0.05) is 4.88 Å². The largest absolute Gasteiger partial charge is 0.462 e. The maximum absolute atomic E-state index is 11.4. The number of hydrogen-bond acceptors (Lipinski definition) is 3. The van der Waals surface area contributed by atoms with Crippen LogP contribution in [0.1, 0.15) is 18.7 Å². The molecule has 0 unspecified atom stereocenters. The van der Waals surface area contributed by atoms with E-state index in [1.54, 1.807) is 30.4 Å². The molecule has 1 aromatic heterocycles. The van der Waals surface area contributed by atoms with Gasteiger partial charge < -0.3 is 4.74 Å². The zero-order valence-corrected chi connectivity index (χ0v) is 9.71. The Morgan fingerprint density at radius 1 is 1.60 bits per heavy atom. The fourth-order valence-electron chi connectivity index (χ4n) is 1.05. The Balaban J connectivity index is 2.66. The quantitative estimate of drug-likeness (QED) is 0.444. The number of carbonyl (C=O) groups is 1. The Labute approximate surface area is 93.9 Å². The lowest BCUT2D eigenvalue weighted by atomic mass is 10.2. The molecule has 15 heavy (non-hydrogen) atoms. The van der Waals surface area contributed by atoms with Crippen LogP contribution in [0.3, 0.4) is 0 Å². The molecule has 0 radical (unpaired) electrons. The maximum Gasteiger partial charge on any atom is 0.337 e. The van der Waals surface area contributed by atoms with Gasteiger partial charge in [0.25, 0.3) is 0 Å². The SMILES string of the molecule is C/C=C(\C=C\c1cccs1)C(=O)OCC. The predicted octanol–water partition coefficient (Wildman–Crippen LogP) is 3.27. The van der Waals surface area contributed by atoms with Crippen molar-refractivity contribution in [3.8, 4) is 0 Å². The molecule has 0 fully saturated rings. The normalized spacial score (nSPS) is 12.0. The number of thiophene rings is 1. The van der Waals surface area contributed by atoms with Gasteiger partial charge in [-0.1, -0.05) is 12.1 Å². The van der Waals surface area contributed by atoms with E-state index in [0.717, 1.165) is 4.88 Å². The van der Waals surface area contributed by atoms with E-state index in [1.165, 1.54) is 0 Å². The van der Waals surface area contributed by atoms with Crippen LogP contribution in [-0.2, 0) is 9.53 Å². The summed E-state index contributed by atoms with van der Waals surface area (Å²) >= 11 is 1.63. The summed E-state index contributed by atoms with van der Waals surface area (Å²) in [5.74, 6) is -0.271. The minimum Gasteiger partial charge on any atom is -0.462 e. The van der Waals surface area contributed by atoms with Gasteiger partial charge in [-0.2, -0.15) is 0 Å². The highest BCUT2D eigenvalue weighted by molar-refractivity contribution is 7.10. The molecule has 0 bridgehead atoms. The molecule has 1 rings (SSSR count). The smallest absolute Gasteiger partial charge is 0.337 e. The van der Waals surface area contributed by atoms with Crippen LogP contribution in [0, 0.1) is 0 Å². The highest BCUT2D eigenvalue weighted by Gasteiger charge is 2.04. The average molecular weight is 222 g/mol. The summed E-state index contributed by atoms with van der Waals surface area (Å²) in [6, 6.07) is 3.98. The van der Waals surface area contributed by atoms with E-state index >= 15 is 0 Å². The second-order valence-corrected chi connectivity index (χ2v) is 3.79. The van der Waals surface area contributed by atoms with Gasteiger partial charge in [-0.3, -0.25) is 0 Å². The van der Waals surface area contributed by atoms with Crippen LogP contribution in [-0.4, -0.2) is 12.6 Å². The number of hydrogen-bond donors (Lipinski definition) is 0. The van der Waals surface area contributed by atoms with Crippen molar-refractivity contribution in [2.24, 2.45) is 0 Å². The third kappa shape index (κ3) is 3.72. The van der Waals surface area contributed by atoms with Crippen LogP contribution in [0.25, 0.3) is 6.08 Å². The van der Waals surface area contributed by atoms with Crippen molar-refractivity contribution in [3.63, 3.8) is 0 Å². The standard InChI is InChI=1S/C12H14O2S/c1-3-10(12(13)14-4-2)7-8-11-6-5-9-15-11/h3,5-9H,4H2,1-2H3/b8-7+,10-3+. The lowest BCUT2D eigenvalue weighted by Crippen LogP contribution is -2.05. The number of rotatable bonds is 4. The van der Waals surface area contributed by atoms with Gasteiger partial charge in [0.05, 0.1) is 12.2 Å². The van der Waals surface area contributed by atoms with Crippen molar-refractivity contribution in [2.75, 3.05) is 6.61 Å². The molecule has 80 valence electrons. The highest BCUT2D eigenvalue weighted by atomic mass is 32.1. The van der Waals surface area contributed by atoms with Gasteiger partial charge in [0.15, 0.2) is 0 Å². The van der Waals surface area contributed by atoms with Crippen LogP contribution >= 0.6 is 11.3 Å². The molecular weight excluding hydrogens is 208 g/mol. The first-order chi connectivity index (χ1) is 7.27. The van der Waals surface area contributed by atoms with E-state index in [2.05, 4.69) is 0 Å². The van der Waals surface area contributed by atoms with Crippen LogP contribution in [0.4, 0.5) is 0 Å². The van der Waals surface area contributed by atoms with E-state index < -0.39 is 0 Å². The molecule has 0 spiro atoms. The molecule has 0 atom stereocenters. The van der Waals surface area contributed by atoms with Gasteiger partial charge in [0.2, 0.25) is 0 Å². The fourth-order valence-corrected chi connectivity index (χ4v) is 1.67. The molecule has 0 saturated carbocycles. The summed E-state index contributed by atoms with van der Waals surface area (Å²) in [5.41, 5.74) is 0.588. The Morgan fingerprint density at radius 2 is 2.40 bits per heavy atom. The summed E-state index contributed by atoms with van der Waals surface area (Å²) in [5, 5.41) is 2.00. The van der Waals surface area contributed by atoms with Crippen molar-refractivity contribution in [1.82, 2.24) is 0 Å². The third-order valence-electron chi connectivity index (χ3n) is 1.79.